The molecule has 0 radical (unpaired) electrons. The van der Waals surface area contributed by atoms with Gasteiger partial charge in [-0.3, -0.25) is 0 Å². The molecule has 0 amide bonds. The zero-order valence-electron chi connectivity index (χ0n) is 11.4. The van der Waals surface area contributed by atoms with Crippen molar-refractivity contribution in [2.75, 3.05) is 11.5 Å². The molecule has 1 unspecified atom stereocenters. The van der Waals surface area contributed by atoms with Crippen molar-refractivity contribution >= 4 is 9.84 Å². The van der Waals surface area contributed by atoms with E-state index in [1.54, 1.807) is 0 Å². The van der Waals surface area contributed by atoms with Gasteiger partial charge in [0.2, 0.25) is 0 Å². The maximum Gasteiger partial charge on any atom is 0.151 e. The van der Waals surface area contributed by atoms with Gasteiger partial charge >= 0.3 is 0 Å². The van der Waals surface area contributed by atoms with E-state index in [0.717, 1.165) is 25.7 Å². The summed E-state index contributed by atoms with van der Waals surface area (Å²) in [6.45, 7) is 0. The number of benzene rings is 1. The molecule has 1 aromatic carbocycles. The summed E-state index contributed by atoms with van der Waals surface area (Å²) in [6, 6.07) is 7.23. The van der Waals surface area contributed by atoms with Gasteiger partial charge in [0.15, 0.2) is 9.84 Å². The first-order chi connectivity index (χ1) is 9.52. The molecule has 0 bridgehead atoms. The summed E-state index contributed by atoms with van der Waals surface area (Å²) in [7, 11) is -2.84. The van der Waals surface area contributed by atoms with E-state index in [0.29, 0.717) is 17.7 Å². The molecule has 1 aliphatic carbocycles. The summed E-state index contributed by atoms with van der Waals surface area (Å²) in [4.78, 5) is 0. The van der Waals surface area contributed by atoms with Crippen LogP contribution < -0.4 is 5.32 Å². The molecule has 1 saturated carbocycles. The Morgan fingerprint density at radius 1 is 1.10 bits per heavy atom. The Balaban J connectivity index is 1.50. The zero-order chi connectivity index (χ0) is 14.2. The molecule has 20 heavy (non-hydrogen) atoms. The lowest BCUT2D eigenvalue weighted by molar-refractivity contribution is 0.263. The summed E-state index contributed by atoms with van der Waals surface area (Å²) in [6.07, 6.45) is 3.76. The lowest BCUT2D eigenvalue weighted by Gasteiger charge is -2.39. The van der Waals surface area contributed by atoms with E-state index < -0.39 is 9.84 Å². The number of halogens is 1. The average Bonchev–Trinajstić information content (AvgIpc) is 2.34. The Kier molecular flexibility index (Phi) is 3.82. The number of nitrogens with one attached hydrogen (secondary N) is 1. The van der Waals surface area contributed by atoms with E-state index in [2.05, 4.69) is 5.32 Å². The minimum absolute atomic E-state index is 0.118. The van der Waals surface area contributed by atoms with Crippen LogP contribution in [0.4, 0.5) is 4.39 Å². The quantitative estimate of drug-likeness (QED) is 0.930. The molecule has 1 heterocycles. The fraction of sp³-hybridized carbons (Fsp3) is 0.600. The van der Waals surface area contributed by atoms with E-state index in [1.807, 2.05) is 12.1 Å². The van der Waals surface area contributed by atoms with Gasteiger partial charge in [0.1, 0.15) is 5.82 Å². The molecule has 110 valence electrons. The largest absolute Gasteiger partial charge is 0.310 e. The van der Waals surface area contributed by atoms with Crippen molar-refractivity contribution in [2.45, 2.75) is 43.7 Å². The second-order valence-corrected chi connectivity index (χ2v) is 8.27. The molecule has 5 heteroatoms. The summed E-state index contributed by atoms with van der Waals surface area (Å²) < 4.78 is 36.0. The fourth-order valence-electron chi connectivity index (χ4n) is 3.25. The number of hydrogen-bond acceptors (Lipinski definition) is 3. The first-order valence-electron chi connectivity index (χ1n) is 7.24. The lowest BCUT2D eigenvalue weighted by atomic mass is 9.75. The predicted molar refractivity (Wildman–Crippen MR) is 77.0 cm³/mol. The highest BCUT2D eigenvalue weighted by Gasteiger charge is 2.33. The fourth-order valence-corrected chi connectivity index (χ4v) is 4.90. The Labute approximate surface area is 119 Å². The molecule has 1 saturated heterocycles. The summed E-state index contributed by atoms with van der Waals surface area (Å²) in [5.41, 5.74) is 1.18. The van der Waals surface area contributed by atoms with Gasteiger partial charge < -0.3 is 5.32 Å². The first kappa shape index (κ1) is 14.0. The number of hydrogen-bond donors (Lipinski definition) is 1. The van der Waals surface area contributed by atoms with Crippen LogP contribution in [-0.2, 0) is 9.84 Å². The molecule has 3 rings (SSSR count). The van der Waals surface area contributed by atoms with E-state index in [4.69, 9.17) is 0 Å². The smallest absolute Gasteiger partial charge is 0.151 e. The molecule has 0 aromatic heterocycles. The zero-order valence-corrected chi connectivity index (χ0v) is 12.2. The second kappa shape index (κ2) is 5.45. The van der Waals surface area contributed by atoms with E-state index in [9.17, 15) is 12.8 Å². The van der Waals surface area contributed by atoms with Gasteiger partial charge in [-0.05, 0) is 49.3 Å². The molecule has 0 spiro atoms. The van der Waals surface area contributed by atoms with Crippen LogP contribution in [0, 0.1) is 5.82 Å². The van der Waals surface area contributed by atoms with Gasteiger partial charge in [0.05, 0.1) is 11.5 Å². The van der Waals surface area contributed by atoms with Crippen molar-refractivity contribution in [3.8, 4) is 0 Å². The Hall–Kier alpha value is -0.940. The van der Waals surface area contributed by atoms with Crippen LogP contribution in [0.1, 0.15) is 37.2 Å². The van der Waals surface area contributed by atoms with Crippen LogP contribution in [0.3, 0.4) is 0 Å². The third-order valence-corrected chi connectivity index (χ3v) is 6.23. The van der Waals surface area contributed by atoms with Gasteiger partial charge in [-0.15, -0.1) is 0 Å². The number of rotatable bonds is 3. The van der Waals surface area contributed by atoms with Crippen LogP contribution in [0.2, 0.25) is 0 Å². The Bertz CT molecular complexity index is 564. The average molecular weight is 297 g/mol. The molecule has 1 atom stereocenters. The third kappa shape index (κ3) is 3.20. The van der Waals surface area contributed by atoms with Gasteiger partial charge in [-0.2, -0.15) is 0 Å². The highest BCUT2D eigenvalue weighted by Crippen LogP contribution is 2.37. The molecule has 2 fully saturated rings. The summed E-state index contributed by atoms with van der Waals surface area (Å²) in [5.74, 6) is 0.905. The van der Waals surface area contributed by atoms with Crippen LogP contribution in [0.5, 0.6) is 0 Å². The monoisotopic (exact) mass is 297 g/mol. The van der Waals surface area contributed by atoms with Gasteiger partial charge in [-0.1, -0.05) is 12.1 Å². The van der Waals surface area contributed by atoms with Crippen LogP contribution >= 0.6 is 0 Å². The van der Waals surface area contributed by atoms with Crippen molar-refractivity contribution in [3.63, 3.8) is 0 Å². The van der Waals surface area contributed by atoms with E-state index in [-0.39, 0.29) is 17.6 Å². The minimum Gasteiger partial charge on any atom is -0.310 e. The highest BCUT2D eigenvalue weighted by molar-refractivity contribution is 7.91. The second-order valence-electron chi connectivity index (χ2n) is 6.04. The maximum atomic E-state index is 12.9. The summed E-state index contributed by atoms with van der Waals surface area (Å²) >= 11 is 0. The molecule has 1 aliphatic heterocycles. The van der Waals surface area contributed by atoms with E-state index in [1.165, 1.54) is 17.7 Å². The van der Waals surface area contributed by atoms with Crippen LogP contribution in [0.25, 0.3) is 0 Å². The van der Waals surface area contributed by atoms with Crippen LogP contribution in [0.15, 0.2) is 24.3 Å². The standard InChI is InChI=1S/C15H20FNO2S/c16-13-5-3-11(4-6-13)12-8-15(9-12)17-14-2-1-7-20(18,19)10-14/h3-6,12,14-15,17H,1-2,7-10H2. The lowest BCUT2D eigenvalue weighted by Crippen LogP contribution is -2.49. The normalized spacial score (nSPS) is 32.5. The van der Waals surface area contributed by atoms with Crippen molar-refractivity contribution in [3.05, 3.63) is 35.6 Å². The molecular weight excluding hydrogens is 277 g/mol. The minimum atomic E-state index is -2.84. The maximum absolute atomic E-state index is 12.9. The topological polar surface area (TPSA) is 46.2 Å². The highest BCUT2D eigenvalue weighted by atomic mass is 32.2. The van der Waals surface area contributed by atoms with E-state index >= 15 is 0 Å². The molecule has 3 nitrogen and oxygen atoms in total. The van der Waals surface area contributed by atoms with Crippen molar-refractivity contribution < 1.29 is 12.8 Å². The van der Waals surface area contributed by atoms with Gasteiger partial charge in [0.25, 0.3) is 0 Å². The van der Waals surface area contributed by atoms with Gasteiger partial charge in [0, 0.05) is 12.1 Å². The number of sulfone groups is 1. The predicted octanol–water partition coefficient (Wildman–Crippen LogP) is 2.24. The Morgan fingerprint density at radius 3 is 2.45 bits per heavy atom. The van der Waals surface area contributed by atoms with Crippen molar-refractivity contribution in [2.24, 2.45) is 0 Å². The summed E-state index contributed by atoms with van der Waals surface area (Å²) in [5, 5.41) is 3.47. The third-order valence-electron chi connectivity index (χ3n) is 4.41. The molecule has 1 aromatic rings. The molecule has 1 N–H and O–H groups in total. The van der Waals surface area contributed by atoms with Crippen molar-refractivity contribution in [1.29, 1.82) is 0 Å². The van der Waals surface area contributed by atoms with Crippen molar-refractivity contribution in [1.82, 2.24) is 5.32 Å². The SMILES string of the molecule is O=S1(=O)CCCC(NC2CC(c3ccc(F)cc3)C2)C1. The van der Waals surface area contributed by atoms with Gasteiger partial charge in [-0.25, -0.2) is 12.8 Å². The van der Waals surface area contributed by atoms with Crippen LogP contribution in [-0.4, -0.2) is 32.0 Å². The Morgan fingerprint density at radius 2 is 1.80 bits per heavy atom. The molecular formula is C15H20FNO2S. The first-order valence-corrected chi connectivity index (χ1v) is 9.06. The molecule has 2 aliphatic rings.